The lowest BCUT2D eigenvalue weighted by molar-refractivity contribution is 0.0531. The van der Waals surface area contributed by atoms with Crippen LogP contribution in [0.4, 0.5) is 13.2 Å². The van der Waals surface area contributed by atoms with Crippen LogP contribution < -0.4 is 15.5 Å². The third kappa shape index (κ3) is 4.62. The number of rotatable bonds is 7. The first-order chi connectivity index (χ1) is 17.1. The number of carbonyl (C=O) groups is 2. The van der Waals surface area contributed by atoms with Gasteiger partial charge in [-0.1, -0.05) is 25.5 Å². The van der Waals surface area contributed by atoms with Crippen LogP contribution >= 0.6 is 0 Å². The number of amides is 2. The van der Waals surface area contributed by atoms with Crippen molar-refractivity contribution in [1.82, 2.24) is 14.8 Å². The minimum absolute atomic E-state index is 0.0749. The van der Waals surface area contributed by atoms with E-state index in [1.807, 2.05) is 6.92 Å². The molecule has 192 valence electrons. The molecule has 4 rings (SSSR count). The van der Waals surface area contributed by atoms with Crippen LogP contribution in [0.5, 0.6) is 5.75 Å². The fourth-order valence-electron chi connectivity index (χ4n) is 4.34. The van der Waals surface area contributed by atoms with Gasteiger partial charge < -0.3 is 24.6 Å². The molecule has 3 atom stereocenters. The van der Waals surface area contributed by atoms with Crippen molar-refractivity contribution in [1.29, 1.82) is 0 Å². The second kappa shape index (κ2) is 10.2. The molecule has 2 aliphatic heterocycles. The molecule has 0 unspecified atom stereocenters. The van der Waals surface area contributed by atoms with Crippen LogP contribution in [0.2, 0.25) is 0 Å². The molecule has 2 aliphatic rings. The first-order valence-electron chi connectivity index (χ1n) is 11.6. The zero-order chi connectivity index (χ0) is 26.1. The molecule has 0 saturated heterocycles. The van der Waals surface area contributed by atoms with Crippen molar-refractivity contribution in [2.24, 2.45) is 0 Å². The molecule has 8 nitrogen and oxygen atoms in total. The Morgan fingerprint density at radius 1 is 1.19 bits per heavy atom. The first-order valence-corrected chi connectivity index (χ1v) is 11.6. The number of hydrogen-bond acceptors (Lipinski definition) is 5. The van der Waals surface area contributed by atoms with Gasteiger partial charge in [0.15, 0.2) is 11.4 Å². The topological polar surface area (TPSA) is 101 Å². The van der Waals surface area contributed by atoms with Gasteiger partial charge >= 0.3 is 0 Å². The lowest BCUT2D eigenvalue weighted by Gasteiger charge is -2.38. The summed E-state index contributed by atoms with van der Waals surface area (Å²) in [4.78, 5) is 41.2. The normalized spacial score (nSPS) is 20.7. The highest BCUT2D eigenvalue weighted by Crippen LogP contribution is 2.32. The molecule has 0 fully saturated rings. The average Bonchev–Trinajstić information content (AvgIpc) is 2.95. The van der Waals surface area contributed by atoms with Crippen LogP contribution in [0.15, 0.2) is 35.3 Å². The number of pyridine rings is 1. The van der Waals surface area contributed by atoms with Gasteiger partial charge in [-0.3, -0.25) is 14.4 Å². The summed E-state index contributed by atoms with van der Waals surface area (Å²) in [6, 6.07) is -0.0751. The number of aliphatic hydroxyl groups is 1. The molecule has 11 heteroatoms. The second-order valence-corrected chi connectivity index (χ2v) is 8.83. The number of ether oxygens (including phenoxy) is 1. The first kappa shape index (κ1) is 25.5. The molecular formula is C25H26F3N3O5. The summed E-state index contributed by atoms with van der Waals surface area (Å²) in [6.07, 6.45) is 4.71. The highest BCUT2D eigenvalue weighted by Gasteiger charge is 2.41. The fraction of sp³-hybridized carbons (Fsp3) is 0.400. The molecule has 0 aliphatic carbocycles. The Bertz CT molecular complexity index is 1270. The van der Waals surface area contributed by atoms with Crippen LogP contribution in [0.25, 0.3) is 0 Å². The van der Waals surface area contributed by atoms with Gasteiger partial charge in [-0.05, 0) is 13.3 Å². The number of halogens is 3. The minimum atomic E-state index is -1.19. The zero-order valence-corrected chi connectivity index (χ0v) is 19.8. The molecule has 0 radical (unpaired) electrons. The van der Waals surface area contributed by atoms with Crippen molar-refractivity contribution < 1.29 is 32.6 Å². The summed E-state index contributed by atoms with van der Waals surface area (Å²) in [5.74, 6) is -5.26. The number of carbonyl (C=O) groups excluding carboxylic acids is 2. The highest BCUT2D eigenvalue weighted by molar-refractivity contribution is 5.99. The van der Waals surface area contributed by atoms with E-state index in [1.165, 1.54) is 9.47 Å². The van der Waals surface area contributed by atoms with Gasteiger partial charge in [-0.25, -0.2) is 13.2 Å². The third-order valence-corrected chi connectivity index (χ3v) is 6.39. The van der Waals surface area contributed by atoms with E-state index in [2.05, 4.69) is 5.32 Å². The van der Waals surface area contributed by atoms with E-state index in [9.17, 15) is 32.7 Å². The van der Waals surface area contributed by atoms with Crippen molar-refractivity contribution in [3.63, 3.8) is 0 Å². The van der Waals surface area contributed by atoms with Crippen molar-refractivity contribution in [2.75, 3.05) is 13.2 Å². The summed E-state index contributed by atoms with van der Waals surface area (Å²) in [5, 5.41) is 13.0. The van der Waals surface area contributed by atoms with E-state index in [0.29, 0.717) is 18.6 Å². The van der Waals surface area contributed by atoms with Crippen LogP contribution in [0.1, 0.15) is 59.1 Å². The van der Waals surface area contributed by atoms with Crippen molar-refractivity contribution >= 4 is 11.8 Å². The molecule has 2 N–H and O–H groups in total. The van der Waals surface area contributed by atoms with Crippen LogP contribution in [-0.2, 0) is 6.54 Å². The van der Waals surface area contributed by atoms with Crippen LogP contribution in [0, 0.1) is 17.5 Å². The number of aromatic nitrogens is 1. The molecular weight excluding hydrogens is 479 g/mol. The predicted molar refractivity (Wildman–Crippen MR) is 123 cm³/mol. The Morgan fingerprint density at radius 2 is 1.89 bits per heavy atom. The van der Waals surface area contributed by atoms with Crippen molar-refractivity contribution in [2.45, 2.75) is 51.4 Å². The quantitative estimate of drug-likeness (QED) is 0.445. The van der Waals surface area contributed by atoms with E-state index in [-0.39, 0.29) is 30.6 Å². The number of unbranched alkanes of at least 4 members (excludes halogenated alkanes) is 1. The van der Waals surface area contributed by atoms with Gasteiger partial charge in [-0.2, -0.15) is 0 Å². The third-order valence-electron chi connectivity index (χ3n) is 6.39. The Labute approximate surface area is 205 Å². The van der Waals surface area contributed by atoms with Gasteiger partial charge in [0.2, 0.25) is 5.43 Å². The number of benzene rings is 1. The van der Waals surface area contributed by atoms with E-state index < -0.39 is 64.5 Å². The monoisotopic (exact) mass is 505 g/mol. The number of nitrogens with zero attached hydrogens (tertiary/aromatic N) is 2. The molecule has 36 heavy (non-hydrogen) atoms. The van der Waals surface area contributed by atoms with E-state index in [0.717, 1.165) is 12.6 Å². The number of fused-ring (bicyclic) bond motifs is 4. The smallest absolute Gasteiger partial charge is 0.275 e. The van der Waals surface area contributed by atoms with E-state index in [4.69, 9.17) is 4.74 Å². The van der Waals surface area contributed by atoms with Gasteiger partial charge in [0.25, 0.3) is 11.8 Å². The van der Waals surface area contributed by atoms with Gasteiger partial charge in [0, 0.05) is 43.0 Å². The van der Waals surface area contributed by atoms with Crippen LogP contribution in [-0.4, -0.2) is 51.7 Å². The molecule has 2 amide bonds. The van der Waals surface area contributed by atoms with E-state index >= 15 is 0 Å². The SMILES string of the molecule is CCCCOc1c2n(cc(C(=O)NCc3c(F)cc(F)cc3F)c1=O)[C@@H]1CN(C2=O)[C@@H](C)C=C[C@@H]1O. The molecule has 1 aromatic heterocycles. The maximum absolute atomic E-state index is 14.0. The summed E-state index contributed by atoms with van der Waals surface area (Å²) < 4.78 is 48.3. The zero-order valence-electron chi connectivity index (χ0n) is 19.8. The highest BCUT2D eigenvalue weighted by atomic mass is 19.1. The lowest BCUT2D eigenvalue weighted by Crippen LogP contribution is -2.49. The molecule has 2 bridgehead atoms. The lowest BCUT2D eigenvalue weighted by atomic mass is 10.0. The molecule has 2 aromatic rings. The number of hydrogen-bond donors (Lipinski definition) is 2. The average molecular weight is 505 g/mol. The predicted octanol–water partition coefficient (Wildman–Crippen LogP) is 2.69. The minimum Gasteiger partial charge on any atom is -0.487 e. The molecule has 0 spiro atoms. The Kier molecular flexibility index (Phi) is 7.21. The van der Waals surface area contributed by atoms with E-state index in [1.54, 1.807) is 19.1 Å². The summed E-state index contributed by atoms with van der Waals surface area (Å²) >= 11 is 0. The summed E-state index contributed by atoms with van der Waals surface area (Å²) in [6.45, 7) is 3.29. The Hall–Kier alpha value is -3.60. The van der Waals surface area contributed by atoms with Crippen molar-refractivity contribution in [3.05, 3.63) is 75.0 Å². The van der Waals surface area contributed by atoms with Gasteiger partial charge in [-0.15, -0.1) is 0 Å². The van der Waals surface area contributed by atoms with Crippen molar-refractivity contribution in [3.8, 4) is 5.75 Å². The molecule has 3 heterocycles. The Balaban J connectivity index is 1.76. The maximum atomic E-state index is 14.0. The number of aliphatic hydroxyl groups excluding tert-OH is 1. The number of nitrogens with one attached hydrogen (secondary N) is 1. The molecule has 0 saturated carbocycles. The van der Waals surface area contributed by atoms with Crippen LogP contribution in [0.3, 0.4) is 0 Å². The summed E-state index contributed by atoms with van der Waals surface area (Å²) in [7, 11) is 0. The molecule has 1 aromatic carbocycles. The fourth-order valence-corrected chi connectivity index (χ4v) is 4.34. The maximum Gasteiger partial charge on any atom is 0.275 e. The largest absolute Gasteiger partial charge is 0.487 e. The Morgan fingerprint density at radius 3 is 2.56 bits per heavy atom. The van der Waals surface area contributed by atoms with Gasteiger partial charge in [0.1, 0.15) is 23.0 Å². The summed E-state index contributed by atoms with van der Waals surface area (Å²) in [5.41, 5.74) is -1.94. The second-order valence-electron chi connectivity index (χ2n) is 8.83. The van der Waals surface area contributed by atoms with Gasteiger partial charge in [0.05, 0.1) is 18.8 Å². The standard InChI is InChI=1S/C25H26F3N3O5/c1-3-4-7-36-23-21-25(35)30-12-19(20(32)6-5-13(30)2)31(21)11-16(22(23)33)24(34)29-10-15-17(27)8-14(26)9-18(15)28/h5-6,8-9,11,13,19-20,32H,3-4,7,10,12H2,1-2H3,(H,29,34)/t13-,19+,20-/m0/s1.